The number of pyridine rings is 2. The van der Waals surface area contributed by atoms with Crippen molar-refractivity contribution in [1.82, 2.24) is 29.4 Å². The lowest BCUT2D eigenvalue weighted by molar-refractivity contribution is 0.315. The van der Waals surface area contributed by atoms with E-state index in [2.05, 4.69) is 144 Å². The molecule has 0 radical (unpaired) electrons. The van der Waals surface area contributed by atoms with Gasteiger partial charge in [-0.3, -0.25) is 9.97 Å². The van der Waals surface area contributed by atoms with Gasteiger partial charge in [-0.1, -0.05) is 76.2 Å². The molecule has 0 saturated carbocycles. The van der Waals surface area contributed by atoms with Crippen molar-refractivity contribution in [2.24, 2.45) is 0 Å². The molecule has 14 aromatic rings. The Kier molecular flexibility index (Phi) is 7.88. The van der Waals surface area contributed by atoms with Gasteiger partial charge < -0.3 is 18.0 Å². The molecule has 7 aromatic carbocycles. The van der Waals surface area contributed by atoms with Gasteiger partial charge in [-0.15, -0.1) is 0 Å². The highest BCUT2D eigenvalue weighted by molar-refractivity contribution is 6.18. The van der Waals surface area contributed by atoms with E-state index in [1.807, 2.05) is 60.9 Å². The summed E-state index contributed by atoms with van der Waals surface area (Å²) in [7, 11) is 0. The van der Waals surface area contributed by atoms with Crippen molar-refractivity contribution >= 4 is 98.5 Å². The second-order valence-corrected chi connectivity index (χ2v) is 18.4. The molecule has 0 aliphatic heterocycles. The zero-order chi connectivity index (χ0) is 44.7. The lowest BCUT2D eigenvalue weighted by Gasteiger charge is -2.11. The van der Waals surface area contributed by atoms with E-state index in [1.54, 1.807) is 0 Å². The maximum Gasteiger partial charge on any atom is 0.145 e. The van der Waals surface area contributed by atoms with Gasteiger partial charge in [0.25, 0.3) is 0 Å². The fourth-order valence-corrected chi connectivity index (χ4v) is 10.4. The van der Waals surface area contributed by atoms with Crippen LogP contribution >= 0.6 is 0 Å². The molecule has 0 spiro atoms. The minimum atomic E-state index is 0.393. The Balaban J connectivity index is 0.851. The minimum absolute atomic E-state index is 0.393. The number of furan rings is 2. The first-order valence-electron chi connectivity index (χ1n) is 22.8. The first kappa shape index (κ1) is 37.8. The molecule has 0 unspecified atom stereocenters. The number of hydrogen-bond acceptors (Lipinski definition) is 7. The molecule has 7 heterocycles. The zero-order valence-corrected chi connectivity index (χ0v) is 37.1. The van der Waals surface area contributed by atoms with Crippen molar-refractivity contribution in [2.45, 2.75) is 39.5 Å². The normalized spacial score (nSPS) is 12.4. The topological polar surface area (TPSA) is 101 Å². The molecule has 0 aliphatic carbocycles. The van der Waals surface area contributed by atoms with Crippen LogP contribution in [0.1, 0.15) is 50.7 Å². The highest BCUT2D eigenvalue weighted by Gasteiger charge is 2.22. The molecule has 9 heteroatoms. The molecule has 0 atom stereocenters. The van der Waals surface area contributed by atoms with Gasteiger partial charge in [-0.2, -0.15) is 0 Å². The van der Waals surface area contributed by atoms with Crippen molar-refractivity contribution in [2.75, 3.05) is 0 Å². The predicted molar refractivity (Wildman–Crippen MR) is 270 cm³/mol. The molecule has 320 valence electrons. The second-order valence-electron chi connectivity index (χ2n) is 18.4. The van der Waals surface area contributed by atoms with E-state index in [4.69, 9.17) is 23.4 Å². The highest BCUT2D eigenvalue weighted by atomic mass is 16.6. The van der Waals surface area contributed by atoms with Gasteiger partial charge in [0.2, 0.25) is 0 Å². The van der Waals surface area contributed by atoms with Crippen molar-refractivity contribution < 1.29 is 13.5 Å². The number of nitrogens with zero attached hydrogens (tertiary/aromatic N) is 6. The number of benzene rings is 7. The van der Waals surface area contributed by atoms with E-state index in [0.717, 1.165) is 111 Å². The summed E-state index contributed by atoms with van der Waals surface area (Å²) < 4.78 is 22.8. The van der Waals surface area contributed by atoms with Crippen molar-refractivity contribution in [3.63, 3.8) is 0 Å². The Morgan fingerprint density at radius 1 is 0.388 bits per heavy atom. The van der Waals surface area contributed by atoms with Crippen LogP contribution < -0.4 is 0 Å². The van der Waals surface area contributed by atoms with Crippen LogP contribution in [-0.2, 0) is 0 Å². The first-order chi connectivity index (χ1) is 32.8. The molecule has 0 amide bonds. The van der Waals surface area contributed by atoms with Gasteiger partial charge in [0.15, 0.2) is 0 Å². The Morgan fingerprint density at radius 2 is 0.836 bits per heavy atom. The molecule has 0 bridgehead atoms. The Morgan fingerprint density at radius 3 is 1.27 bits per heavy atom. The van der Waals surface area contributed by atoms with Crippen LogP contribution in [0.4, 0.5) is 0 Å². The molecule has 0 saturated heterocycles. The van der Waals surface area contributed by atoms with Gasteiger partial charge in [-0.25, -0.2) is 4.63 Å². The highest BCUT2D eigenvalue weighted by Crippen LogP contribution is 2.42. The van der Waals surface area contributed by atoms with E-state index >= 15 is 0 Å². The number of rotatable bonds is 6. The minimum Gasteiger partial charge on any atom is -0.456 e. The molecule has 67 heavy (non-hydrogen) atoms. The number of para-hydroxylation sites is 2. The maximum absolute atomic E-state index is 6.36. The molecular formula is C58H40N6O3. The quantitative estimate of drug-likeness (QED) is 0.164. The number of fused-ring (bicyclic) bond motifs is 13. The fourth-order valence-electron chi connectivity index (χ4n) is 10.4. The number of hydrogen-bond donors (Lipinski definition) is 0. The van der Waals surface area contributed by atoms with Crippen LogP contribution in [0.25, 0.3) is 132 Å². The van der Waals surface area contributed by atoms with Gasteiger partial charge in [0, 0.05) is 54.2 Å². The van der Waals surface area contributed by atoms with Gasteiger partial charge in [-0.05, 0) is 130 Å². The van der Waals surface area contributed by atoms with Crippen LogP contribution in [0.5, 0.6) is 0 Å². The second kappa shape index (κ2) is 14.0. The van der Waals surface area contributed by atoms with Crippen LogP contribution in [-0.4, -0.2) is 29.4 Å². The van der Waals surface area contributed by atoms with E-state index < -0.39 is 0 Å². The van der Waals surface area contributed by atoms with Crippen LogP contribution in [0, 0.1) is 0 Å². The molecule has 0 N–H and O–H groups in total. The Hall–Kier alpha value is -8.56. The van der Waals surface area contributed by atoms with Crippen molar-refractivity contribution in [3.05, 3.63) is 169 Å². The third kappa shape index (κ3) is 5.54. The monoisotopic (exact) mass is 868 g/mol. The lowest BCUT2D eigenvalue weighted by Crippen LogP contribution is -1.97. The zero-order valence-electron chi connectivity index (χ0n) is 37.1. The average molecular weight is 869 g/mol. The van der Waals surface area contributed by atoms with E-state index in [-0.39, 0.29) is 0 Å². The largest absolute Gasteiger partial charge is 0.456 e. The molecule has 9 nitrogen and oxygen atoms in total. The van der Waals surface area contributed by atoms with E-state index in [9.17, 15) is 0 Å². The third-order valence-electron chi connectivity index (χ3n) is 13.9. The smallest absolute Gasteiger partial charge is 0.145 e. The van der Waals surface area contributed by atoms with E-state index in [1.165, 1.54) is 21.9 Å². The molecular weight excluding hydrogens is 829 g/mol. The Bertz CT molecular complexity index is 4060. The van der Waals surface area contributed by atoms with Crippen LogP contribution in [0.2, 0.25) is 0 Å². The summed E-state index contributed by atoms with van der Waals surface area (Å²) in [6.45, 7) is 8.93. The fraction of sp³-hybridized carbons (Fsp3) is 0.103. The molecule has 0 aliphatic rings. The summed E-state index contributed by atoms with van der Waals surface area (Å²) in [5.41, 5.74) is 16.8. The maximum atomic E-state index is 6.36. The average Bonchev–Trinajstić information content (AvgIpc) is 4.19. The summed E-state index contributed by atoms with van der Waals surface area (Å²) in [6, 6.07) is 51.3. The molecule has 14 rings (SSSR count). The first-order valence-corrected chi connectivity index (χ1v) is 22.8. The summed E-state index contributed by atoms with van der Waals surface area (Å²) >= 11 is 0. The van der Waals surface area contributed by atoms with Crippen molar-refractivity contribution in [1.29, 1.82) is 0 Å². The standard InChI is InChI=1S/C58H40N6O3/c1-31(2)33-13-21-49-41(23-33)43-27-55-45(37-9-5-7-11-53(37)65-55)25-51(43)63(49)35-15-19-47(59-29-35)39-17-18-40(58-57(39)61-67-62-58)48-20-16-36(30-60-48)64-50-22-14-34(32(3)4)24-42(50)44-28-56-46(26-52(44)64)38-10-6-8-12-54(38)66-56/h5-32H,1-4H3. The van der Waals surface area contributed by atoms with Gasteiger partial charge in [0.05, 0.1) is 57.2 Å². The number of aromatic nitrogens is 6. The van der Waals surface area contributed by atoms with E-state index in [0.29, 0.717) is 22.9 Å². The lowest BCUT2D eigenvalue weighted by atomic mass is 10.0. The predicted octanol–water partition coefficient (Wildman–Crippen LogP) is 15.6. The summed E-state index contributed by atoms with van der Waals surface area (Å²) in [5.74, 6) is 0.785. The summed E-state index contributed by atoms with van der Waals surface area (Å²) in [6.07, 6.45) is 3.88. The van der Waals surface area contributed by atoms with Crippen LogP contribution in [0.15, 0.2) is 171 Å². The summed E-state index contributed by atoms with van der Waals surface area (Å²) in [5, 5.41) is 17.8. The van der Waals surface area contributed by atoms with Gasteiger partial charge >= 0.3 is 0 Å². The van der Waals surface area contributed by atoms with Gasteiger partial charge in [0.1, 0.15) is 33.4 Å². The summed E-state index contributed by atoms with van der Waals surface area (Å²) in [4.78, 5) is 10.1. The van der Waals surface area contributed by atoms with Crippen LogP contribution in [0.3, 0.4) is 0 Å². The SMILES string of the molecule is CC(C)c1ccc2c(c1)c1cc3oc4ccccc4c3cc1n2-c1ccc(-c2ccc(-c3ccc(-n4c5ccc(C(C)C)cc5c5cc6oc7ccccc7c6cc54)cn3)c3nonc23)nc1. The van der Waals surface area contributed by atoms with Crippen molar-refractivity contribution in [3.8, 4) is 33.9 Å². The third-order valence-corrected chi connectivity index (χ3v) is 13.9. The Labute approximate surface area is 382 Å². The molecule has 7 aromatic heterocycles. The molecule has 0 fully saturated rings.